The number of anilines is 1. The topological polar surface area (TPSA) is 37.8 Å². The van der Waals surface area contributed by atoms with Crippen LogP contribution in [0.5, 0.6) is 0 Å². The summed E-state index contributed by atoms with van der Waals surface area (Å²) in [6, 6.07) is 12.6. The fourth-order valence-electron chi connectivity index (χ4n) is 2.29. The highest BCUT2D eigenvalue weighted by Gasteiger charge is 2.15. The minimum absolute atomic E-state index is 0.0637. The van der Waals surface area contributed by atoms with Crippen molar-refractivity contribution in [2.45, 2.75) is 19.4 Å². The second-order valence-electron chi connectivity index (χ2n) is 5.14. The lowest BCUT2D eigenvalue weighted by molar-refractivity contribution is 0.141. The Labute approximate surface area is 135 Å². The third-order valence-corrected chi connectivity index (χ3v) is 3.51. The van der Waals surface area contributed by atoms with Gasteiger partial charge >= 0.3 is 0 Å². The third kappa shape index (κ3) is 3.45. The van der Waals surface area contributed by atoms with E-state index in [4.69, 9.17) is 0 Å². The van der Waals surface area contributed by atoms with Crippen LogP contribution in [0.15, 0.2) is 48.5 Å². The van der Waals surface area contributed by atoms with Crippen molar-refractivity contribution in [3.05, 3.63) is 65.5 Å². The molecule has 0 fully saturated rings. The molecule has 3 nitrogen and oxygen atoms in total. The van der Waals surface area contributed by atoms with E-state index in [2.05, 4.69) is 15.3 Å². The number of halogens is 4. The maximum atomic E-state index is 12.9. The average molecular weight is 335 g/mol. The van der Waals surface area contributed by atoms with Gasteiger partial charge in [-0.05, 0) is 17.7 Å². The van der Waals surface area contributed by atoms with E-state index in [1.807, 2.05) is 0 Å². The summed E-state index contributed by atoms with van der Waals surface area (Å²) in [5.74, 6) is -0.266. The Morgan fingerprint density at radius 2 is 1.54 bits per heavy atom. The van der Waals surface area contributed by atoms with Crippen LogP contribution in [0.1, 0.15) is 29.8 Å². The largest absolute Gasteiger partial charge is 0.365 e. The van der Waals surface area contributed by atoms with Crippen LogP contribution in [-0.2, 0) is 6.54 Å². The quantitative estimate of drug-likeness (QED) is 0.658. The van der Waals surface area contributed by atoms with Crippen LogP contribution < -0.4 is 5.32 Å². The van der Waals surface area contributed by atoms with Gasteiger partial charge in [-0.2, -0.15) is 0 Å². The van der Waals surface area contributed by atoms with Gasteiger partial charge in [0.1, 0.15) is 5.82 Å². The van der Waals surface area contributed by atoms with Gasteiger partial charge in [-0.3, -0.25) is 0 Å². The molecule has 124 valence electrons. The van der Waals surface area contributed by atoms with E-state index in [1.54, 1.807) is 36.4 Å². The highest BCUT2D eigenvalue weighted by molar-refractivity contribution is 5.88. The number of aromatic nitrogens is 2. The van der Waals surface area contributed by atoms with Crippen LogP contribution in [0.3, 0.4) is 0 Å². The number of rotatable bonds is 5. The monoisotopic (exact) mass is 335 g/mol. The van der Waals surface area contributed by atoms with Crippen LogP contribution in [0, 0.1) is 0 Å². The molecule has 0 aliphatic rings. The number of nitrogens with zero attached hydrogens (tertiary/aromatic N) is 2. The summed E-state index contributed by atoms with van der Waals surface area (Å²) < 4.78 is 50.9. The van der Waals surface area contributed by atoms with Crippen molar-refractivity contribution in [3.63, 3.8) is 0 Å². The number of para-hydroxylation sites is 1. The van der Waals surface area contributed by atoms with Crippen LogP contribution in [0.2, 0.25) is 0 Å². The van der Waals surface area contributed by atoms with Gasteiger partial charge < -0.3 is 5.32 Å². The summed E-state index contributed by atoms with van der Waals surface area (Å²) in [6.45, 7) is 0.271. The molecule has 1 heterocycles. The number of alkyl halides is 4. The van der Waals surface area contributed by atoms with Crippen molar-refractivity contribution in [3.8, 4) is 0 Å². The highest BCUT2D eigenvalue weighted by Crippen LogP contribution is 2.25. The van der Waals surface area contributed by atoms with Gasteiger partial charge in [-0.1, -0.05) is 36.4 Å². The average Bonchev–Trinajstić information content (AvgIpc) is 2.59. The molecule has 0 saturated heterocycles. The lowest BCUT2D eigenvalue weighted by atomic mass is 10.1. The Bertz CT molecular complexity index is 835. The summed E-state index contributed by atoms with van der Waals surface area (Å²) in [7, 11) is 0. The van der Waals surface area contributed by atoms with E-state index in [1.165, 1.54) is 12.1 Å². The molecule has 0 unspecified atom stereocenters. The Balaban J connectivity index is 1.86. The number of hydrogen-bond donors (Lipinski definition) is 1. The number of hydrogen-bond acceptors (Lipinski definition) is 3. The SMILES string of the molecule is FC(F)c1ccc(CNc2nc(C(F)F)nc3ccccc23)cc1. The fourth-order valence-corrected chi connectivity index (χ4v) is 2.29. The molecular weight excluding hydrogens is 322 g/mol. The molecule has 0 aliphatic heterocycles. The normalized spacial score (nSPS) is 11.4. The van der Waals surface area contributed by atoms with Crippen molar-refractivity contribution >= 4 is 16.7 Å². The predicted octanol–water partition coefficient (Wildman–Crippen LogP) is 5.12. The second-order valence-corrected chi connectivity index (χ2v) is 5.14. The Morgan fingerprint density at radius 1 is 0.833 bits per heavy atom. The molecule has 0 amide bonds. The third-order valence-electron chi connectivity index (χ3n) is 3.51. The maximum Gasteiger partial charge on any atom is 0.297 e. The molecule has 7 heteroatoms. The van der Waals surface area contributed by atoms with Crippen LogP contribution in [0.4, 0.5) is 23.4 Å². The van der Waals surface area contributed by atoms with Crippen molar-refractivity contribution in [1.82, 2.24) is 9.97 Å². The zero-order valence-corrected chi connectivity index (χ0v) is 12.4. The standard InChI is InChI=1S/C17H13F4N3/c18-14(19)11-7-5-10(6-8-11)9-22-16-12-3-1-2-4-13(12)23-17(24-16)15(20)21/h1-8,14-15H,9H2,(H,22,23,24). The van der Waals surface area contributed by atoms with Gasteiger partial charge in [0, 0.05) is 17.5 Å². The van der Waals surface area contributed by atoms with Gasteiger partial charge in [-0.25, -0.2) is 27.5 Å². The van der Waals surface area contributed by atoms with Crippen LogP contribution in [-0.4, -0.2) is 9.97 Å². The van der Waals surface area contributed by atoms with Gasteiger partial charge in [0.2, 0.25) is 0 Å². The Kier molecular flexibility index (Phi) is 4.59. The molecule has 2 aromatic carbocycles. The van der Waals surface area contributed by atoms with Crippen LogP contribution >= 0.6 is 0 Å². The number of fused-ring (bicyclic) bond motifs is 1. The number of benzene rings is 2. The molecule has 1 N–H and O–H groups in total. The lowest BCUT2D eigenvalue weighted by Gasteiger charge is -2.11. The van der Waals surface area contributed by atoms with E-state index in [9.17, 15) is 17.6 Å². The summed E-state index contributed by atoms with van der Waals surface area (Å²) in [6.07, 6.45) is -5.30. The van der Waals surface area contributed by atoms with Gasteiger partial charge in [0.15, 0.2) is 5.82 Å². The zero-order valence-electron chi connectivity index (χ0n) is 12.4. The molecule has 1 aromatic heterocycles. The molecule has 0 radical (unpaired) electrons. The Hall–Kier alpha value is -2.70. The highest BCUT2D eigenvalue weighted by atomic mass is 19.3. The first kappa shape index (κ1) is 16.2. The van der Waals surface area contributed by atoms with E-state index >= 15 is 0 Å². The van der Waals surface area contributed by atoms with Crippen molar-refractivity contribution in [2.24, 2.45) is 0 Å². The van der Waals surface area contributed by atoms with Gasteiger partial charge in [-0.15, -0.1) is 0 Å². The van der Waals surface area contributed by atoms with E-state index in [-0.39, 0.29) is 17.9 Å². The smallest absolute Gasteiger partial charge is 0.297 e. The molecule has 0 aliphatic carbocycles. The van der Waals surface area contributed by atoms with Crippen molar-refractivity contribution in [1.29, 1.82) is 0 Å². The zero-order chi connectivity index (χ0) is 17.1. The Morgan fingerprint density at radius 3 is 2.21 bits per heavy atom. The molecule has 0 spiro atoms. The molecular formula is C17H13F4N3. The number of nitrogens with one attached hydrogen (secondary N) is 1. The van der Waals surface area contributed by atoms with Crippen LogP contribution in [0.25, 0.3) is 10.9 Å². The van der Waals surface area contributed by atoms with E-state index in [0.29, 0.717) is 10.9 Å². The minimum Gasteiger partial charge on any atom is -0.365 e. The van der Waals surface area contributed by atoms with Crippen molar-refractivity contribution in [2.75, 3.05) is 5.32 Å². The van der Waals surface area contributed by atoms with Crippen molar-refractivity contribution < 1.29 is 17.6 Å². The molecule has 3 rings (SSSR count). The summed E-state index contributed by atoms with van der Waals surface area (Å²) in [5.41, 5.74) is 1.09. The first-order chi connectivity index (χ1) is 11.5. The van der Waals surface area contributed by atoms with Gasteiger partial charge in [0.25, 0.3) is 12.9 Å². The molecule has 3 aromatic rings. The summed E-state index contributed by atoms with van der Waals surface area (Å²) in [5, 5.41) is 3.59. The molecule has 0 atom stereocenters. The maximum absolute atomic E-state index is 12.9. The molecule has 0 bridgehead atoms. The van der Waals surface area contributed by atoms with E-state index in [0.717, 1.165) is 5.56 Å². The first-order valence-electron chi connectivity index (χ1n) is 7.20. The lowest BCUT2D eigenvalue weighted by Crippen LogP contribution is -2.06. The molecule has 0 saturated carbocycles. The summed E-state index contributed by atoms with van der Waals surface area (Å²) in [4.78, 5) is 7.71. The summed E-state index contributed by atoms with van der Waals surface area (Å²) >= 11 is 0. The molecule has 24 heavy (non-hydrogen) atoms. The van der Waals surface area contributed by atoms with E-state index < -0.39 is 18.7 Å². The van der Waals surface area contributed by atoms with Gasteiger partial charge in [0.05, 0.1) is 5.52 Å². The minimum atomic E-state index is -2.78. The first-order valence-corrected chi connectivity index (χ1v) is 7.20. The predicted molar refractivity (Wildman–Crippen MR) is 83.2 cm³/mol. The fraction of sp³-hybridized carbons (Fsp3) is 0.176. The second kappa shape index (κ2) is 6.82.